The highest BCUT2D eigenvalue weighted by atomic mass is 79.9. The molecule has 0 aliphatic heterocycles. The lowest BCUT2D eigenvalue weighted by molar-refractivity contribution is 0.659. The van der Waals surface area contributed by atoms with Gasteiger partial charge in [-0.25, -0.2) is 0 Å². The van der Waals surface area contributed by atoms with Gasteiger partial charge in [-0.15, -0.1) is 0 Å². The highest BCUT2D eigenvalue weighted by molar-refractivity contribution is 9.10. The first-order chi connectivity index (χ1) is 8.31. The van der Waals surface area contributed by atoms with Crippen molar-refractivity contribution in [3.63, 3.8) is 0 Å². The van der Waals surface area contributed by atoms with E-state index in [0.717, 1.165) is 17.6 Å². The molecule has 2 aromatic carbocycles. The van der Waals surface area contributed by atoms with Gasteiger partial charge in [-0.2, -0.15) is 0 Å². The third-order valence-electron chi connectivity index (χ3n) is 3.40. The quantitative estimate of drug-likeness (QED) is 0.451. The molecule has 17 heavy (non-hydrogen) atoms. The van der Waals surface area contributed by atoms with Crippen molar-refractivity contribution in [1.29, 1.82) is 0 Å². The van der Waals surface area contributed by atoms with Crippen LogP contribution in [0.5, 0.6) is 0 Å². The van der Waals surface area contributed by atoms with E-state index < -0.39 is 0 Å². The number of halogens is 1. The summed E-state index contributed by atoms with van der Waals surface area (Å²) in [6.45, 7) is 0. The maximum absolute atomic E-state index is 5.93. The second kappa shape index (κ2) is 3.23. The van der Waals surface area contributed by atoms with Gasteiger partial charge in [-0.05, 0) is 53.3 Å². The Labute approximate surface area is 107 Å². The van der Waals surface area contributed by atoms with Crippen LogP contribution in [0.3, 0.4) is 0 Å². The zero-order valence-electron chi connectivity index (χ0n) is 9.03. The molecule has 4 bridgehead atoms. The summed E-state index contributed by atoms with van der Waals surface area (Å²) in [4.78, 5) is 0. The number of benzene rings is 2. The molecule has 0 atom stereocenters. The molecule has 0 unspecified atom stereocenters. The number of fused-ring (bicyclic) bond motifs is 2. The highest BCUT2D eigenvalue weighted by Crippen LogP contribution is 2.35. The van der Waals surface area contributed by atoms with E-state index >= 15 is 0 Å². The van der Waals surface area contributed by atoms with E-state index in [0.29, 0.717) is 0 Å². The zero-order valence-corrected chi connectivity index (χ0v) is 10.6. The van der Waals surface area contributed by atoms with Crippen LogP contribution in [0.15, 0.2) is 51.4 Å². The van der Waals surface area contributed by atoms with Crippen molar-refractivity contribution in [3.05, 3.63) is 58.1 Å². The summed E-state index contributed by atoms with van der Waals surface area (Å²) in [5.41, 5.74) is 4.55. The fraction of sp³-hybridized carbons (Fsp3) is 0.0667. The van der Waals surface area contributed by atoms with Crippen molar-refractivity contribution in [2.45, 2.75) is 6.42 Å². The largest absolute Gasteiger partial charge is 0.457 e. The third kappa shape index (κ3) is 1.31. The van der Waals surface area contributed by atoms with Crippen LogP contribution >= 0.6 is 15.9 Å². The van der Waals surface area contributed by atoms with Crippen LogP contribution in [0.25, 0.3) is 21.9 Å². The van der Waals surface area contributed by atoms with E-state index in [-0.39, 0.29) is 0 Å². The minimum Gasteiger partial charge on any atom is -0.457 e. The summed E-state index contributed by atoms with van der Waals surface area (Å²) < 4.78 is 7.10. The van der Waals surface area contributed by atoms with Gasteiger partial charge < -0.3 is 4.42 Å². The van der Waals surface area contributed by atoms with Crippen molar-refractivity contribution in [2.75, 3.05) is 0 Å². The Balaban J connectivity index is 2.34. The zero-order chi connectivity index (χ0) is 11.4. The lowest BCUT2D eigenvalue weighted by atomic mass is 10.1. The van der Waals surface area contributed by atoms with E-state index in [1.54, 1.807) is 0 Å². The summed E-state index contributed by atoms with van der Waals surface area (Å²) in [5, 5.41) is 2.50. The minimum atomic E-state index is 0.903. The summed E-state index contributed by atoms with van der Waals surface area (Å²) in [6.07, 6.45) is 0.979. The van der Waals surface area contributed by atoms with Crippen LogP contribution in [0, 0.1) is 0 Å². The Morgan fingerprint density at radius 3 is 2.65 bits per heavy atom. The Morgan fingerprint density at radius 1 is 1.00 bits per heavy atom. The van der Waals surface area contributed by atoms with Gasteiger partial charge in [0.25, 0.3) is 0 Å². The van der Waals surface area contributed by atoms with Crippen LogP contribution < -0.4 is 0 Å². The SMILES string of the molecule is Brc1ccc2oc3ccc(cc3)c3cc2c1C3. The summed E-state index contributed by atoms with van der Waals surface area (Å²) in [6, 6.07) is 14.7. The fourth-order valence-corrected chi connectivity index (χ4v) is 2.99. The first kappa shape index (κ1) is 9.49. The van der Waals surface area contributed by atoms with Gasteiger partial charge in [0.1, 0.15) is 11.2 Å². The molecule has 2 aromatic heterocycles. The van der Waals surface area contributed by atoms with Crippen molar-refractivity contribution >= 4 is 37.9 Å². The van der Waals surface area contributed by atoms with Gasteiger partial charge in [0, 0.05) is 9.86 Å². The molecule has 1 aliphatic rings. The van der Waals surface area contributed by atoms with Gasteiger partial charge >= 0.3 is 0 Å². The molecule has 0 spiro atoms. The average Bonchev–Trinajstić information content (AvgIpc) is 2.82. The second-order valence-corrected chi connectivity index (χ2v) is 5.26. The molecule has 0 radical (unpaired) electrons. The molecular formula is C15H9BrO. The van der Waals surface area contributed by atoms with Gasteiger partial charge in [0.2, 0.25) is 0 Å². The molecule has 1 aliphatic carbocycles. The predicted octanol–water partition coefficient (Wildman–Crippen LogP) is 4.81. The van der Waals surface area contributed by atoms with Crippen LogP contribution in [0.4, 0.5) is 0 Å². The van der Waals surface area contributed by atoms with Gasteiger partial charge in [-0.1, -0.05) is 28.1 Å². The lowest BCUT2D eigenvalue weighted by Crippen LogP contribution is -1.84. The van der Waals surface area contributed by atoms with Crippen LogP contribution in [-0.2, 0) is 6.42 Å². The molecule has 0 N–H and O–H groups in total. The molecule has 0 saturated carbocycles. The standard InChI is InChI=1S/C15H9BrO/c16-14-5-6-15-13-8-10(7-12(13)14)9-1-3-11(17-15)4-2-9/h1-6,8H,7H2. The van der Waals surface area contributed by atoms with E-state index in [1.807, 2.05) is 18.2 Å². The molecule has 0 saturated heterocycles. The first-order valence-corrected chi connectivity index (χ1v) is 6.41. The van der Waals surface area contributed by atoms with Crippen LogP contribution in [0.1, 0.15) is 11.1 Å². The van der Waals surface area contributed by atoms with E-state index in [2.05, 4.69) is 40.2 Å². The second-order valence-electron chi connectivity index (χ2n) is 4.41. The number of rotatable bonds is 0. The average molecular weight is 285 g/mol. The maximum atomic E-state index is 5.93. The Hall–Kier alpha value is -1.54. The van der Waals surface area contributed by atoms with Gasteiger partial charge in [0.15, 0.2) is 0 Å². The smallest absolute Gasteiger partial charge is 0.135 e. The molecule has 0 fully saturated rings. The lowest BCUT2D eigenvalue weighted by Gasteiger charge is -2.03. The maximum Gasteiger partial charge on any atom is 0.135 e. The summed E-state index contributed by atoms with van der Waals surface area (Å²) in [5.74, 6) is 0. The minimum absolute atomic E-state index is 0.903. The van der Waals surface area contributed by atoms with Gasteiger partial charge in [-0.3, -0.25) is 0 Å². The first-order valence-electron chi connectivity index (χ1n) is 5.61. The molecule has 2 heteroatoms. The van der Waals surface area contributed by atoms with E-state index in [1.165, 1.54) is 26.4 Å². The number of hydrogen-bond acceptors (Lipinski definition) is 1. The van der Waals surface area contributed by atoms with Crippen molar-refractivity contribution in [3.8, 4) is 0 Å². The van der Waals surface area contributed by atoms with Crippen molar-refractivity contribution in [2.24, 2.45) is 0 Å². The fourth-order valence-electron chi connectivity index (χ4n) is 2.51. The van der Waals surface area contributed by atoms with Crippen LogP contribution in [-0.4, -0.2) is 0 Å². The normalized spacial score (nSPS) is 12.8. The van der Waals surface area contributed by atoms with Crippen molar-refractivity contribution < 1.29 is 4.42 Å². The van der Waals surface area contributed by atoms with Crippen LogP contribution in [0.2, 0.25) is 0 Å². The Morgan fingerprint density at radius 2 is 1.82 bits per heavy atom. The third-order valence-corrected chi connectivity index (χ3v) is 4.14. The highest BCUT2D eigenvalue weighted by Gasteiger charge is 2.15. The molecule has 5 rings (SSSR count). The molecule has 2 heterocycles. The molecule has 4 aromatic rings. The molecule has 82 valence electrons. The summed E-state index contributed by atoms with van der Waals surface area (Å²) in [7, 11) is 0. The molecule has 1 nitrogen and oxygen atoms in total. The topological polar surface area (TPSA) is 13.1 Å². The van der Waals surface area contributed by atoms with Crippen molar-refractivity contribution in [1.82, 2.24) is 0 Å². The Kier molecular flexibility index (Phi) is 1.80. The summed E-state index contributed by atoms with van der Waals surface area (Å²) >= 11 is 3.62. The number of hydrogen-bond donors (Lipinski definition) is 0. The van der Waals surface area contributed by atoms with E-state index in [4.69, 9.17) is 4.42 Å². The molecular weight excluding hydrogens is 276 g/mol. The molecule has 0 amide bonds. The Bertz CT molecular complexity index is 764. The monoisotopic (exact) mass is 284 g/mol. The van der Waals surface area contributed by atoms with E-state index in [9.17, 15) is 0 Å². The van der Waals surface area contributed by atoms with Gasteiger partial charge in [0.05, 0.1) is 0 Å². The predicted molar refractivity (Wildman–Crippen MR) is 73.0 cm³/mol.